The number of ether oxygens (including phenoxy) is 1. The van der Waals surface area contributed by atoms with E-state index >= 15 is 0 Å². The van der Waals surface area contributed by atoms with Crippen LogP contribution in [-0.2, 0) is 9.53 Å². The molecule has 0 aromatic heterocycles. The lowest BCUT2D eigenvalue weighted by molar-refractivity contribution is -0.134. The van der Waals surface area contributed by atoms with Crippen LogP contribution in [0.4, 0.5) is 0 Å². The number of aliphatic hydroxyl groups is 5. The van der Waals surface area contributed by atoms with Gasteiger partial charge >= 0.3 is 5.97 Å². The maximum atomic E-state index is 10.7. The van der Waals surface area contributed by atoms with Crippen LogP contribution in [0.5, 0.6) is 0 Å². The van der Waals surface area contributed by atoms with Crippen molar-refractivity contribution < 1.29 is 35.1 Å². The van der Waals surface area contributed by atoms with E-state index in [1.807, 2.05) is 0 Å². The first-order chi connectivity index (χ1) is 7.93. The summed E-state index contributed by atoms with van der Waals surface area (Å²) < 4.78 is 4.30. The lowest BCUT2D eigenvalue weighted by Crippen LogP contribution is -2.45. The molecule has 0 aliphatic rings. The molecular weight excluding hydrogens is 232 g/mol. The summed E-state index contributed by atoms with van der Waals surface area (Å²) in [6, 6.07) is 0. The first kappa shape index (κ1) is 16.0. The Kier molecular flexibility index (Phi) is 7.68. The maximum absolute atomic E-state index is 10.7. The molecule has 0 heterocycles. The molecule has 0 bridgehead atoms. The van der Waals surface area contributed by atoms with Crippen molar-refractivity contribution in [1.82, 2.24) is 0 Å². The fourth-order valence-corrected chi connectivity index (χ4v) is 1.07. The Morgan fingerprint density at radius 2 is 1.71 bits per heavy atom. The second-order valence-electron chi connectivity index (χ2n) is 3.46. The zero-order chi connectivity index (χ0) is 13.4. The fourth-order valence-electron chi connectivity index (χ4n) is 1.07. The Morgan fingerprint density at radius 3 is 2.18 bits per heavy atom. The zero-order valence-electron chi connectivity index (χ0n) is 9.43. The van der Waals surface area contributed by atoms with Crippen LogP contribution in [0.1, 0.15) is 6.42 Å². The molecule has 0 aliphatic heterocycles. The first-order valence-corrected chi connectivity index (χ1v) is 5.01. The lowest BCUT2D eigenvalue weighted by Gasteiger charge is -2.24. The molecule has 4 atom stereocenters. The molecule has 17 heavy (non-hydrogen) atoms. The van der Waals surface area contributed by atoms with E-state index in [1.165, 1.54) is 13.2 Å². The quantitative estimate of drug-likeness (QED) is 0.250. The van der Waals surface area contributed by atoms with Gasteiger partial charge in [0.25, 0.3) is 0 Å². The van der Waals surface area contributed by atoms with Crippen molar-refractivity contribution in [2.24, 2.45) is 0 Å². The molecule has 0 aromatic carbocycles. The van der Waals surface area contributed by atoms with Gasteiger partial charge in [0.15, 0.2) is 0 Å². The second kappa shape index (κ2) is 8.15. The standard InChI is InChI=1S/C10H18O7/c1-17-8(14)4-2-3-6(12)9(15)10(16)7(13)5-11/h2,4,6-7,9-13,15-16H,3,5H2,1H3/b4-2+/t6-,7-,9+,10-/m0/s1. The third-order valence-electron chi connectivity index (χ3n) is 2.16. The van der Waals surface area contributed by atoms with Crippen molar-refractivity contribution in [3.05, 3.63) is 12.2 Å². The first-order valence-electron chi connectivity index (χ1n) is 5.01. The average molecular weight is 250 g/mol. The average Bonchev–Trinajstić information content (AvgIpc) is 2.35. The number of hydrogen-bond acceptors (Lipinski definition) is 7. The van der Waals surface area contributed by atoms with Crippen LogP contribution in [0.15, 0.2) is 12.2 Å². The lowest BCUT2D eigenvalue weighted by atomic mass is 10.0. The van der Waals surface area contributed by atoms with Gasteiger partial charge in [0.2, 0.25) is 0 Å². The van der Waals surface area contributed by atoms with E-state index in [0.29, 0.717) is 0 Å². The van der Waals surface area contributed by atoms with Gasteiger partial charge in [-0.2, -0.15) is 0 Å². The highest BCUT2D eigenvalue weighted by Gasteiger charge is 2.29. The Labute approximate surface area is 98.6 Å². The molecule has 0 radical (unpaired) electrons. The van der Waals surface area contributed by atoms with E-state index in [4.69, 9.17) is 10.2 Å². The molecule has 0 amide bonds. The summed E-state index contributed by atoms with van der Waals surface area (Å²) in [4.78, 5) is 10.7. The van der Waals surface area contributed by atoms with Gasteiger partial charge in [0.1, 0.15) is 18.3 Å². The normalized spacial score (nSPS) is 18.7. The van der Waals surface area contributed by atoms with E-state index in [0.717, 1.165) is 6.08 Å². The summed E-state index contributed by atoms with van der Waals surface area (Å²) in [5, 5.41) is 45.6. The zero-order valence-corrected chi connectivity index (χ0v) is 9.43. The van der Waals surface area contributed by atoms with Gasteiger partial charge in [0, 0.05) is 6.08 Å². The van der Waals surface area contributed by atoms with Crippen molar-refractivity contribution in [3.63, 3.8) is 0 Å². The molecule has 0 aromatic rings. The minimum absolute atomic E-state index is 0.106. The summed E-state index contributed by atoms with van der Waals surface area (Å²) in [6.07, 6.45) is -3.98. The van der Waals surface area contributed by atoms with Gasteiger partial charge in [0.05, 0.1) is 19.8 Å². The van der Waals surface area contributed by atoms with E-state index in [2.05, 4.69) is 4.74 Å². The van der Waals surface area contributed by atoms with Gasteiger partial charge in [-0.1, -0.05) is 6.08 Å². The molecule has 0 spiro atoms. The van der Waals surface area contributed by atoms with Crippen molar-refractivity contribution in [2.75, 3.05) is 13.7 Å². The Balaban J connectivity index is 4.17. The molecular formula is C10H18O7. The van der Waals surface area contributed by atoms with Crippen molar-refractivity contribution >= 4 is 5.97 Å². The third kappa shape index (κ3) is 5.76. The van der Waals surface area contributed by atoms with Crippen LogP contribution >= 0.6 is 0 Å². The number of carbonyl (C=O) groups excluding carboxylic acids is 1. The van der Waals surface area contributed by atoms with Gasteiger partial charge in [-0.15, -0.1) is 0 Å². The highest BCUT2D eigenvalue weighted by atomic mass is 16.5. The van der Waals surface area contributed by atoms with E-state index < -0.39 is 37.0 Å². The predicted molar refractivity (Wildman–Crippen MR) is 56.9 cm³/mol. The summed E-state index contributed by atoms with van der Waals surface area (Å²) in [6.45, 7) is -0.733. The summed E-state index contributed by atoms with van der Waals surface area (Å²) in [7, 11) is 1.19. The van der Waals surface area contributed by atoms with Crippen molar-refractivity contribution in [3.8, 4) is 0 Å². The molecule has 0 saturated heterocycles. The number of esters is 1. The minimum Gasteiger partial charge on any atom is -0.466 e. The number of carbonyl (C=O) groups is 1. The molecule has 0 aliphatic carbocycles. The summed E-state index contributed by atoms with van der Waals surface area (Å²) in [5.41, 5.74) is 0. The van der Waals surface area contributed by atoms with Crippen LogP contribution < -0.4 is 0 Å². The number of aliphatic hydroxyl groups excluding tert-OH is 5. The Bertz CT molecular complexity index is 253. The molecule has 5 N–H and O–H groups in total. The molecule has 100 valence electrons. The van der Waals surface area contributed by atoms with Crippen LogP contribution in [0.3, 0.4) is 0 Å². The second-order valence-corrected chi connectivity index (χ2v) is 3.46. The van der Waals surface area contributed by atoms with Crippen LogP contribution in [0, 0.1) is 0 Å². The highest BCUT2D eigenvalue weighted by molar-refractivity contribution is 5.81. The van der Waals surface area contributed by atoms with Crippen LogP contribution in [0.25, 0.3) is 0 Å². The van der Waals surface area contributed by atoms with Gasteiger partial charge in [-0.3, -0.25) is 0 Å². The molecule has 0 saturated carbocycles. The van der Waals surface area contributed by atoms with Crippen LogP contribution in [0.2, 0.25) is 0 Å². The molecule has 0 fully saturated rings. The van der Waals surface area contributed by atoms with E-state index in [1.54, 1.807) is 0 Å². The van der Waals surface area contributed by atoms with Gasteiger partial charge in [-0.05, 0) is 6.42 Å². The van der Waals surface area contributed by atoms with Crippen molar-refractivity contribution in [1.29, 1.82) is 0 Å². The smallest absolute Gasteiger partial charge is 0.330 e. The SMILES string of the molecule is COC(=O)/C=C/C[C@H](O)[C@@H](O)[C@@H](O)[C@@H](O)CO. The molecule has 0 rings (SSSR count). The highest BCUT2D eigenvalue weighted by Crippen LogP contribution is 2.08. The summed E-state index contributed by atoms with van der Waals surface area (Å²) >= 11 is 0. The number of rotatable bonds is 7. The molecule has 7 heteroatoms. The minimum atomic E-state index is -1.67. The third-order valence-corrected chi connectivity index (χ3v) is 2.16. The molecule has 7 nitrogen and oxygen atoms in total. The predicted octanol–water partition coefficient (Wildman–Crippen LogP) is -2.46. The largest absolute Gasteiger partial charge is 0.466 e. The number of methoxy groups -OCH3 is 1. The van der Waals surface area contributed by atoms with Gasteiger partial charge in [-0.25, -0.2) is 4.79 Å². The van der Waals surface area contributed by atoms with Crippen LogP contribution in [-0.4, -0.2) is 69.6 Å². The van der Waals surface area contributed by atoms with Crippen molar-refractivity contribution in [2.45, 2.75) is 30.8 Å². The Morgan fingerprint density at radius 1 is 1.18 bits per heavy atom. The topological polar surface area (TPSA) is 127 Å². The fraction of sp³-hybridized carbons (Fsp3) is 0.700. The van der Waals surface area contributed by atoms with E-state index in [-0.39, 0.29) is 6.42 Å². The Hall–Kier alpha value is -0.990. The summed E-state index contributed by atoms with van der Waals surface area (Å²) in [5.74, 6) is -0.609. The van der Waals surface area contributed by atoms with Gasteiger partial charge < -0.3 is 30.3 Å². The maximum Gasteiger partial charge on any atom is 0.330 e. The van der Waals surface area contributed by atoms with E-state index in [9.17, 15) is 20.1 Å². The molecule has 0 unspecified atom stereocenters. The number of hydrogen-bond donors (Lipinski definition) is 5. The monoisotopic (exact) mass is 250 g/mol.